The summed E-state index contributed by atoms with van der Waals surface area (Å²) in [6.07, 6.45) is -0.0541. The van der Waals surface area contributed by atoms with Gasteiger partial charge in [-0.05, 0) is 30.5 Å². The van der Waals surface area contributed by atoms with Crippen LogP contribution in [0.25, 0.3) is 0 Å². The summed E-state index contributed by atoms with van der Waals surface area (Å²) in [6.45, 7) is 6.64. The minimum Gasteiger partial charge on any atom is -0.496 e. The zero-order valence-electron chi connectivity index (χ0n) is 13.0. The third-order valence-corrected chi connectivity index (χ3v) is 3.12. The lowest BCUT2D eigenvalue weighted by Crippen LogP contribution is -2.36. The fourth-order valence-electron chi connectivity index (χ4n) is 2.08. The highest BCUT2D eigenvalue weighted by atomic mass is 16.5. The molecule has 1 N–H and O–H groups in total. The van der Waals surface area contributed by atoms with E-state index in [1.807, 2.05) is 26.8 Å². The molecule has 5 heteroatoms. The van der Waals surface area contributed by atoms with Crippen molar-refractivity contribution in [3.8, 4) is 5.75 Å². The van der Waals surface area contributed by atoms with Crippen LogP contribution >= 0.6 is 0 Å². The van der Waals surface area contributed by atoms with E-state index in [4.69, 9.17) is 9.84 Å². The molecular weight excluding hydrogens is 270 g/mol. The molecule has 116 valence electrons. The molecule has 0 saturated carbocycles. The molecule has 0 saturated heterocycles. The Labute approximate surface area is 125 Å². The average molecular weight is 293 g/mol. The molecule has 0 aromatic heterocycles. The number of amides is 1. The second-order valence-corrected chi connectivity index (χ2v) is 5.47. The van der Waals surface area contributed by atoms with Gasteiger partial charge in [-0.25, -0.2) is 0 Å². The number of methoxy groups -OCH3 is 1. The molecule has 0 heterocycles. The summed E-state index contributed by atoms with van der Waals surface area (Å²) in [5.41, 5.74) is 1.47. The third kappa shape index (κ3) is 5.10. The van der Waals surface area contributed by atoms with Gasteiger partial charge in [-0.1, -0.05) is 19.9 Å². The molecule has 1 aromatic carbocycles. The predicted molar refractivity (Wildman–Crippen MR) is 80.7 cm³/mol. The molecule has 0 unspecified atom stereocenters. The van der Waals surface area contributed by atoms with E-state index in [2.05, 4.69) is 0 Å². The molecule has 0 atom stereocenters. The SMILES string of the molecule is COc1cc(C(=O)N(CCC(=O)O)CC(C)C)ccc1C. The molecule has 0 radical (unpaired) electrons. The van der Waals surface area contributed by atoms with E-state index in [-0.39, 0.29) is 24.8 Å². The lowest BCUT2D eigenvalue weighted by molar-refractivity contribution is -0.137. The molecule has 1 rings (SSSR count). The number of carboxylic acid groups (broad SMARTS) is 1. The van der Waals surface area contributed by atoms with Crippen molar-refractivity contribution in [1.29, 1.82) is 0 Å². The van der Waals surface area contributed by atoms with Crippen molar-refractivity contribution >= 4 is 11.9 Å². The Hall–Kier alpha value is -2.04. The van der Waals surface area contributed by atoms with Crippen LogP contribution in [0.2, 0.25) is 0 Å². The number of aliphatic carboxylic acids is 1. The first kappa shape index (κ1) is 17.0. The van der Waals surface area contributed by atoms with Crippen LogP contribution in [-0.2, 0) is 4.79 Å². The second kappa shape index (κ2) is 7.67. The molecule has 0 aliphatic rings. The Morgan fingerprint density at radius 3 is 2.52 bits per heavy atom. The molecule has 5 nitrogen and oxygen atoms in total. The Balaban J connectivity index is 2.95. The van der Waals surface area contributed by atoms with Crippen molar-refractivity contribution in [2.24, 2.45) is 5.92 Å². The summed E-state index contributed by atoms with van der Waals surface area (Å²) < 4.78 is 5.23. The van der Waals surface area contributed by atoms with Crippen molar-refractivity contribution in [2.45, 2.75) is 27.2 Å². The lowest BCUT2D eigenvalue weighted by atomic mass is 10.1. The number of carbonyl (C=O) groups excluding carboxylic acids is 1. The van der Waals surface area contributed by atoms with Crippen LogP contribution in [0.1, 0.15) is 36.2 Å². The number of hydrogen-bond acceptors (Lipinski definition) is 3. The van der Waals surface area contributed by atoms with Gasteiger partial charge < -0.3 is 14.7 Å². The third-order valence-electron chi connectivity index (χ3n) is 3.12. The van der Waals surface area contributed by atoms with Crippen LogP contribution < -0.4 is 4.74 Å². The first-order valence-corrected chi connectivity index (χ1v) is 7.00. The average Bonchev–Trinajstić information content (AvgIpc) is 2.42. The van der Waals surface area contributed by atoms with Crippen molar-refractivity contribution in [1.82, 2.24) is 4.90 Å². The summed E-state index contributed by atoms with van der Waals surface area (Å²) in [7, 11) is 1.56. The summed E-state index contributed by atoms with van der Waals surface area (Å²) in [5.74, 6) is -0.139. The van der Waals surface area contributed by atoms with Crippen LogP contribution in [0.15, 0.2) is 18.2 Å². The summed E-state index contributed by atoms with van der Waals surface area (Å²) in [4.78, 5) is 24.9. The molecular formula is C16H23NO4. The van der Waals surface area contributed by atoms with Gasteiger partial charge >= 0.3 is 5.97 Å². The van der Waals surface area contributed by atoms with Gasteiger partial charge in [-0.2, -0.15) is 0 Å². The maximum absolute atomic E-state index is 12.5. The number of rotatable bonds is 7. The largest absolute Gasteiger partial charge is 0.496 e. The van der Waals surface area contributed by atoms with Gasteiger partial charge in [-0.15, -0.1) is 0 Å². The molecule has 1 amide bonds. The minimum absolute atomic E-state index is 0.0541. The second-order valence-electron chi connectivity index (χ2n) is 5.47. The fourth-order valence-corrected chi connectivity index (χ4v) is 2.08. The number of nitrogens with zero attached hydrogens (tertiary/aromatic N) is 1. The van der Waals surface area contributed by atoms with Gasteiger partial charge in [0.25, 0.3) is 5.91 Å². The highest BCUT2D eigenvalue weighted by molar-refractivity contribution is 5.95. The van der Waals surface area contributed by atoms with Crippen LogP contribution in [-0.4, -0.2) is 42.1 Å². The van der Waals surface area contributed by atoms with E-state index in [0.29, 0.717) is 17.9 Å². The molecule has 21 heavy (non-hydrogen) atoms. The summed E-state index contributed by atoms with van der Waals surface area (Å²) in [6, 6.07) is 5.27. The normalized spacial score (nSPS) is 10.5. The van der Waals surface area contributed by atoms with Gasteiger partial charge in [0.1, 0.15) is 5.75 Å². The highest BCUT2D eigenvalue weighted by Gasteiger charge is 2.18. The van der Waals surface area contributed by atoms with E-state index in [1.165, 1.54) is 0 Å². The Kier molecular flexibility index (Phi) is 6.21. The molecule has 0 aliphatic heterocycles. The van der Waals surface area contributed by atoms with E-state index < -0.39 is 5.97 Å². The zero-order chi connectivity index (χ0) is 16.0. The van der Waals surface area contributed by atoms with Crippen LogP contribution in [0.4, 0.5) is 0 Å². The number of carbonyl (C=O) groups is 2. The maximum Gasteiger partial charge on any atom is 0.305 e. The van der Waals surface area contributed by atoms with Gasteiger partial charge in [0.15, 0.2) is 0 Å². The van der Waals surface area contributed by atoms with Gasteiger partial charge in [0.2, 0.25) is 0 Å². The molecule has 0 spiro atoms. The number of aryl methyl sites for hydroxylation is 1. The highest BCUT2D eigenvalue weighted by Crippen LogP contribution is 2.20. The quantitative estimate of drug-likeness (QED) is 0.839. The molecule has 0 bridgehead atoms. The predicted octanol–water partition coefficient (Wildman–Crippen LogP) is 2.58. The van der Waals surface area contributed by atoms with E-state index >= 15 is 0 Å². The van der Waals surface area contributed by atoms with E-state index in [1.54, 1.807) is 24.1 Å². The summed E-state index contributed by atoms with van der Waals surface area (Å²) in [5, 5.41) is 8.81. The van der Waals surface area contributed by atoms with Crippen molar-refractivity contribution < 1.29 is 19.4 Å². The van der Waals surface area contributed by atoms with E-state index in [0.717, 1.165) is 5.56 Å². The van der Waals surface area contributed by atoms with Crippen LogP contribution in [0.5, 0.6) is 5.75 Å². The number of carboxylic acids is 1. The first-order valence-electron chi connectivity index (χ1n) is 7.00. The van der Waals surface area contributed by atoms with E-state index in [9.17, 15) is 9.59 Å². The monoisotopic (exact) mass is 293 g/mol. The lowest BCUT2D eigenvalue weighted by Gasteiger charge is -2.24. The van der Waals surface area contributed by atoms with Crippen molar-refractivity contribution in [3.05, 3.63) is 29.3 Å². The Morgan fingerprint density at radius 2 is 2.00 bits per heavy atom. The van der Waals surface area contributed by atoms with Crippen LogP contribution in [0, 0.1) is 12.8 Å². The Bertz CT molecular complexity index is 511. The van der Waals surface area contributed by atoms with Crippen LogP contribution in [0.3, 0.4) is 0 Å². The number of hydrogen-bond donors (Lipinski definition) is 1. The smallest absolute Gasteiger partial charge is 0.305 e. The topological polar surface area (TPSA) is 66.8 Å². The summed E-state index contributed by atoms with van der Waals surface area (Å²) >= 11 is 0. The zero-order valence-corrected chi connectivity index (χ0v) is 13.0. The first-order chi connectivity index (χ1) is 9.85. The Morgan fingerprint density at radius 1 is 1.33 bits per heavy atom. The van der Waals surface area contributed by atoms with Gasteiger partial charge in [0, 0.05) is 18.7 Å². The molecule has 1 aromatic rings. The maximum atomic E-state index is 12.5. The number of benzene rings is 1. The molecule has 0 aliphatic carbocycles. The van der Waals surface area contributed by atoms with Gasteiger partial charge in [-0.3, -0.25) is 9.59 Å². The van der Waals surface area contributed by atoms with Crippen molar-refractivity contribution in [2.75, 3.05) is 20.2 Å². The standard InChI is InChI=1S/C16H23NO4/c1-11(2)10-17(8-7-15(18)19)16(20)13-6-5-12(3)14(9-13)21-4/h5-6,9,11H,7-8,10H2,1-4H3,(H,18,19). The van der Waals surface area contributed by atoms with Crippen molar-refractivity contribution in [3.63, 3.8) is 0 Å². The number of ether oxygens (including phenoxy) is 1. The fraction of sp³-hybridized carbons (Fsp3) is 0.500. The minimum atomic E-state index is -0.905. The molecule has 0 fully saturated rings. The van der Waals surface area contributed by atoms with Gasteiger partial charge in [0.05, 0.1) is 13.5 Å².